The van der Waals surface area contributed by atoms with Crippen LogP contribution in [-0.2, 0) is 21.9 Å². The van der Waals surface area contributed by atoms with Crippen LogP contribution in [0.15, 0.2) is 48.5 Å². The summed E-state index contributed by atoms with van der Waals surface area (Å²) in [6, 6.07) is 16.1. The van der Waals surface area contributed by atoms with Gasteiger partial charge in [-0.3, -0.25) is 4.72 Å². The predicted molar refractivity (Wildman–Crippen MR) is 121 cm³/mol. The largest absolute Gasteiger partial charge is 0.330 e. The summed E-state index contributed by atoms with van der Waals surface area (Å²) in [5.74, 6) is 0. The summed E-state index contributed by atoms with van der Waals surface area (Å²) in [4.78, 5) is 0. The lowest BCUT2D eigenvalue weighted by Crippen LogP contribution is -2.44. The molecule has 2 aromatic rings. The van der Waals surface area contributed by atoms with Gasteiger partial charge in [-0.2, -0.15) is 0 Å². The van der Waals surface area contributed by atoms with E-state index in [2.05, 4.69) is 22.2 Å². The summed E-state index contributed by atoms with van der Waals surface area (Å²) in [6.45, 7) is 1.50. The first-order valence-electron chi connectivity index (χ1n) is 10.1. The summed E-state index contributed by atoms with van der Waals surface area (Å²) >= 11 is 6.19. The van der Waals surface area contributed by atoms with E-state index in [0.717, 1.165) is 55.5 Å². The van der Waals surface area contributed by atoms with E-state index in [1.807, 2.05) is 30.3 Å². The topological polar surface area (TPSA) is 84.2 Å². The zero-order valence-electron chi connectivity index (χ0n) is 16.8. The van der Waals surface area contributed by atoms with Gasteiger partial charge in [0.25, 0.3) is 0 Å². The Hall–Kier alpha value is -1.60. The summed E-state index contributed by atoms with van der Waals surface area (Å²) in [7, 11) is -3.25. The van der Waals surface area contributed by atoms with Gasteiger partial charge in [0.1, 0.15) is 0 Å². The monoisotopic (exact) mass is 435 g/mol. The number of anilines is 1. The summed E-state index contributed by atoms with van der Waals surface area (Å²) in [5.41, 5.74) is 9.18. The van der Waals surface area contributed by atoms with Crippen LogP contribution >= 0.6 is 11.6 Å². The average Bonchev–Trinajstić information content (AvgIpc) is 2.68. The van der Waals surface area contributed by atoms with Gasteiger partial charge in [0.2, 0.25) is 10.0 Å². The number of hydrogen-bond acceptors (Lipinski definition) is 4. The Morgan fingerprint density at radius 2 is 1.86 bits per heavy atom. The molecule has 0 bridgehead atoms. The molecule has 2 aromatic carbocycles. The molecule has 0 unspecified atom stereocenters. The smallest absolute Gasteiger partial charge is 0.229 e. The first-order chi connectivity index (χ1) is 13.8. The first-order valence-corrected chi connectivity index (χ1v) is 12.3. The van der Waals surface area contributed by atoms with Crippen LogP contribution < -0.4 is 15.8 Å². The molecule has 158 valence electrons. The number of hydrogen-bond donors (Lipinski definition) is 3. The van der Waals surface area contributed by atoms with Crippen LogP contribution in [0.3, 0.4) is 0 Å². The van der Waals surface area contributed by atoms with Crippen LogP contribution in [0.1, 0.15) is 36.8 Å². The van der Waals surface area contributed by atoms with Gasteiger partial charge >= 0.3 is 0 Å². The van der Waals surface area contributed by atoms with Crippen molar-refractivity contribution >= 4 is 27.3 Å². The highest BCUT2D eigenvalue weighted by atomic mass is 35.5. The molecule has 0 aromatic heterocycles. The highest BCUT2D eigenvalue weighted by Crippen LogP contribution is 2.39. The summed E-state index contributed by atoms with van der Waals surface area (Å²) in [6.07, 6.45) is 6.28. The Morgan fingerprint density at radius 1 is 1.14 bits per heavy atom. The van der Waals surface area contributed by atoms with E-state index in [4.69, 9.17) is 17.3 Å². The fraction of sp³-hybridized carbons (Fsp3) is 0.455. The van der Waals surface area contributed by atoms with Crippen LogP contribution in [0.4, 0.5) is 5.69 Å². The van der Waals surface area contributed by atoms with Crippen molar-refractivity contribution in [3.05, 3.63) is 64.7 Å². The molecule has 0 amide bonds. The minimum atomic E-state index is -3.25. The Balaban J connectivity index is 1.51. The molecular weight excluding hydrogens is 406 g/mol. The van der Waals surface area contributed by atoms with E-state index in [1.54, 1.807) is 6.07 Å². The van der Waals surface area contributed by atoms with Crippen LogP contribution in [0.25, 0.3) is 0 Å². The quantitative estimate of drug-likeness (QED) is 0.590. The number of halogens is 1. The van der Waals surface area contributed by atoms with Crippen LogP contribution in [-0.4, -0.2) is 33.8 Å². The van der Waals surface area contributed by atoms with Gasteiger partial charge in [0.05, 0.1) is 6.26 Å². The third-order valence-corrected chi connectivity index (χ3v) is 6.69. The standard InChI is InChI=1S/C22H30ClN3O2S/c1-29(27,28)26-21-7-2-4-17(14-21)10-13-25-20-8-11-22(16-24,12-9-20)18-5-3-6-19(23)15-18/h2-7,14-15,20,25-26H,8-13,16,24H2,1H3. The molecule has 4 N–H and O–H groups in total. The molecule has 7 heteroatoms. The SMILES string of the molecule is CS(=O)(=O)Nc1cccc(CCNC2CCC(CN)(c3cccc(Cl)c3)CC2)c1. The number of benzene rings is 2. The van der Waals surface area contributed by atoms with Crippen molar-refractivity contribution in [2.45, 2.75) is 43.6 Å². The second-order valence-electron chi connectivity index (χ2n) is 8.05. The fourth-order valence-electron chi connectivity index (χ4n) is 4.23. The van der Waals surface area contributed by atoms with Crippen molar-refractivity contribution in [1.82, 2.24) is 5.32 Å². The number of nitrogens with one attached hydrogen (secondary N) is 2. The molecule has 1 fully saturated rings. The third-order valence-electron chi connectivity index (χ3n) is 5.85. The van der Waals surface area contributed by atoms with Gasteiger partial charge in [-0.15, -0.1) is 0 Å². The highest BCUT2D eigenvalue weighted by Gasteiger charge is 2.35. The predicted octanol–water partition coefficient (Wildman–Crippen LogP) is 3.68. The molecule has 1 aliphatic carbocycles. The Kier molecular flexibility index (Phi) is 7.22. The van der Waals surface area contributed by atoms with Crippen molar-refractivity contribution in [2.24, 2.45) is 5.73 Å². The molecule has 1 aliphatic rings. The van der Waals surface area contributed by atoms with Crippen LogP contribution in [0.2, 0.25) is 5.02 Å². The molecule has 5 nitrogen and oxygen atoms in total. The van der Waals surface area contributed by atoms with Crippen molar-refractivity contribution in [3.63, 3.8) is 0 Å². The zero-order valence-corrected chi connectivity index (χ0v) is 18.4. The minimum Gasteiger partial charge on any atom is -0.330 e. The molecule has 29 heavy (non-hydrogen) atoms. The number of nitrogens with two attached hydrogens (primary N) is 1. The van der Waals surface area contributed by atoms with E-state index >= 15 is 0 Å². The maximum Gasteiger partial charge on any atom is 0.229 e. The zero-order chi connectivity index (χ0) is 20.9. The van der Waals surface area contributed by atoms with Crippen LogP contribution in [0.5, 0.6) is 0 Å². The van der Waals surface area contributed by atoms with Gasteiger partial charge in [-0.25, -0.2) is 8.42 Å². The average molecular weight is 436 g/mol. The molecule has 0 atom stereocenters. The Labute approximate surface area is 179 Å². The number of sulfonamides is 1. The second kappa shape index (κ2) is 9.47. The van der Waals surface area contributed by atoms with E-state index < -0.39 is 10.0 Å². The lowest BCUT2D eigenvalue weighted by molar-refractivity contribution is 0.252. The fourth-order valence-corrected chi connectivity index (χ4v) is 4.97. The highest BCUT2D eigenvalue weighted by molar-refractivity contribution is 7.92. The molecule has 0 spiro atoms. The molecular formula is C22H30ClN3O2S. The molecule has 0 radical (unpaired) electrons. The van der Waals surface area contributed by atoms with E-state index in [0.29, 0.717) is 18.3 Å². The summed E-state index contributed by atoms with van der Waals surface area (Å²) in [5, 5.41) is 4.42. The number of rotatable bonds is 8. The normalized spacial score (nSPS) is 22.4. The maximum atomic E-state index is 11.4. The van der Waals surface area contributed by atoms with E-state index in [1.165, 1.54) is 5.56 Å². The lowest BCUT2D eigenvalue weighted by Gasteiger charge is -2.40. The molecule has 0 heterocycles. The van der Waals surface area contributed by atoms with Crippen molar-refractivity contribution in [3.8, 4) is 0 Å². The van der Waals surface area contributed by atoms with Gasteiger partial charge in [-0.05, 0) is 74.0 Å². The molecule has 0 aliphatic heterocycles. The van der Waals surface area contributed by atoms with E-state index in [9.17, 15) is 8.42 Å². The molecule has 0 saturated heterocycles. The first kappa shape index (κ1) is 22.1. The summed E-state index contributed by atoms with van der Waals surface area (Å²) < 4.78 is 25.3. The second-order valence-corrected chi connectivity index (χ2v) is 10.2. The van der Waals surface area contributed by atoms with Crippen LogP contribution in [0, 0.1) is 0 Å². The van der Waals surface area contributed by atoms with Crippen molar-refractivity contribution in [2.75, 3.05) is 24.1 Å². The van der Waals surface area contributed by atoms with Crippen molar-refractivity contribution in [1.29, 1.82) is 0 Å². The maximum absolute atomic E-state index is 11.4. The third kappa shape index (κ3) is 6.19. The van der Waals surface area contributed by atoms with Gasteiger partial charge < -0.3 is 11.1 Å². The minimum absolute atomic E-state index is 0.0225. The van der Waals surface area contributed by atoms with Crippen molar-refractivity contribution < 1.29 is 8.42 Å². The molecule has 1 saturated carbocycles. The van der Waals surface area contributed by atoms with E-state index in [-0.39, 0.29) is 5.41 Å². The van der Waals surface area contributed by atoms with Gasteiger partial charge in [0.15, 0.2) is 0 Å². The Morgan fingerprint density at radius 3 is 2.52 bits per heavy atom. The van der Waals surface area contributed by atoms with Gasteiger partial charge in [0, 0.05) is 28.7 Å². The van der Waals surface area contributed by atoms with Gasteiger partial charge in [-0.1, -0.05) is 35.9 Å². The molecule has 3 rings (SSSR count). The Bertz CT molecular complexity index is 925. The lowest BCUT2D eigenvalue weighted by atomic mass is 9.68.